The minimum atomic E-state index is -0.430. The largest absolute Gasteiger partial charge is 0.341 e. The summed E-state index contributed by atoms with van der Waals surface area (Å²) in [7, 11) is 1.51. The third kappa shape index (κ3) is 4.37. The van der Waals surface area contributed by atoms with Crippen LogP contribution in [0, 0.1) is 22.7 Å². The Morgan fingerprint density at radius 2 is 1.84 bits per heavy atom. The maximum atomic E-state index is 13.9. The van der Waals surface area contributed by atoms with Crippen molar-refractivity contribution in [3.63, 3.8) is 0 Å². The molecule has 1 unspecified atom stereocenters. The van der Waals surface area contributed by atoms with Crippen LogP contribution in [0.1, 0.15) is 35.4 Å². The number of anilines is 1. The van der Waals surface area contributed by atoms with E-state index >= 15 is 0 Å². The molecule has 1 saturated heterocycles. The molecule has 0 spiro atoms. The van der Waals surface area contributed by atoms with Crippen LogP contribution < -0.4 is 21.8 Å². The Hall–Kier alpha value is -4.74. The van der Waals surface area contributed by atoms with Gasteiger partial charge in [-0.15, -0.1) is 0 Å². The SMILES string of the molecule is Cn1c(=O)c2nc(N3CCCC(N)C3)n(Cc3ccccc3C#N)c2c(=O)n1Cc1cccc(C#N)n1. The third-order valence-electron chi connectivity index (χ3n) is 6.68. The number of imidazole rings is 1. The molecule has 11 heteroatoms. The minimum Gasteiger partial charge on any atom is -0.341 e. The summed E-state index contributed by atoms with van der Waals surface area (Å²) in [4.78, 5) is 38.3. The lowest BCUT2D eigenvalue weighted by Crippen LogP contribution is -2.44. The molecule has 0 aliphatic carbocycles. The van der Waals surface area contributed by atoms with Crippen molar-refractivity contribution in [1.82, 2.24) is 23.9 Å². The number of benzene rings is 1. The van der Waals surface area contributed by atoms with Crippen molar-refractivity contribution in [2.75, 3.05) is 18.0 Å². The van der Waals surface area contributed by atoms with Gasteiger partial charge in [-0.05, 0) is 36.6 Å². The second-order valence-corrected chi connectivity index (χ2v) is 9.13. The molecule has 3 aromatic heterocycles. The minimum absolute atomic E-state index is 0.0000818. The average molecular weight is 496 g/mol. The Morgan fingerprint density at radius 3 is 2.59 bits per heavy atom. The summed E-state index contributed by atoms with van der Waals surface area (Å²) in [5.41, 5.74) is 7.49. The van der Waals surface area contributed by atoms with Gasteiger partial charge in [-0.2, -0.15) is 10.5 Å². The smallest absolute Gasteiger partial charge is 0.293 e. The number of nitrogens with zero attached hydrogens (tertiary/aromatic N) is 8. The first kappa shape index (κ1) is 24.0. The van der Waals surface area contributed by atoms with Crippen LogP contribution in [0.5, 0.6) is 0 Å². The lowest BCUT2D eigenvalue weighted by molar-refractivity contribution is 0.493. The van der Waals surface area contributed by atoms with E-state index in [9.17, 15) is 20.1 Å². The molecule has 0 saturated carbocycles. The molecule has 1 fully saturated rings. The Bertz CT molecular complexity index is 1700. The van der Waals surface area contributed by atoms with Crippen molar-refractivity contribution in [3.05, 3.63) is 85.7 Å². The number of rotatable bonds is 5. The second kappa shape index (κ2) is 9.72. The standard InChI is InChI=1S/C26H25N9O2/c1-32-24(36)22-23(25(37)35(32)16-21-10-4-9-20(13-28)30-21)34(14-18-7-3-2-6-17(18)12-27)26(31-22)33-11-5-8-19(29)15-33/h2-4,6-7,9-10,19H,5,8,11,14-16,29H2,1H3. The predicted molar refractivity (Wildman–Crippen MR) is 137 cm³/mol. The fourth-order valence-corrected chi connectivity index (χ4v) is 4.81. The van der Waals surface area contributed by atoms with Crippen LogP contribution in [0.3, 0.4) is 0 Å². The maximum absolute atomic E-state index is 13.9. The van der Waals surface area contributed by atoms with Crippen molar-refractivity contribution in [3.8, 4) is 12.1 Å². The molecule has 0 amide bonds. The summed E-state index contributed by atoms with van der Waals surface area (Å²) in [6.07, 6.45) is 1.75. The Labute approximate surface area is 212 Å². The number of hydrogen-bond donors (Lipinski definition) is 1. The highest BCUT2D eigenvalue weighted by Crippen LogP contribution is 2.24. The van der Waals surface area contributed by atoms with Gasteiger partial charge in [0.15, 0.2) is 5.52 Å². The van der Waals surface area contributed by atoms with Crippen LogP contribution in [0.4, 0.5) is 5.95 Å². The Morgan fingerprint density at radius 1 is 1.03 bits per heavy atom. The van der Waals surface area contributed by atoms with Crippen molar-refractivity contribution in [1.29, 1.82) is 10.5 Å². The molecule has 186 valence electrons. The molecular formula is C26H25N9O2. The number of nitrogens with two attached hydrogens (primary N) is 1. The van der Waals surface area contributed by atoms with E-state index in [0.717, 1.165) is 12.8 Å². The van der Waals surface area contributed by atoms with E-state index in [4.69, 9.17) is 5.73 Å². The molecule has 0 bridgehead atoms. The fraction of sp³-hybridized carbons (Fsp3) is 0.308. The summed E-state index contributed by atoms with van der Waals surface area (Å²) in [5, 5.41) is 18.9. The van der Waals surface area contributed by atoms with Gasteiger partial charge in [-0.1, -0.05) is 24.3 Å². The summed E-state index contributed by atoms with van der Waals surface area (Å²) >= 11 is 0. The van der Waals surface area contributed by atoms with Gasteiger partial charge in [0.2, 0.25) is 5.95 Å². The fourth-order valence-electron chi connectivity index (χ4n) is 4.81. The van der Waals surface area contributed by atoms with Gasteiger partial charge in [0.05, 0.1) is 30.4 Å². The quantitative estimate of drug-likeness (QED) is 0.431. The van der Waals surface area contributed by atoms with E-state index in [1.807, 2.05) is 23.1 Å². The van der Waals surface area contributed by atoms with Gasteiger partial charge in [0.1, 0.15) is 17.3 Å². The van der Waals surface area contributed by atoms with E-state index in [-0.39, 0.29) is 35.9 Å². The number of aromatic nitrogens is 5. The first-order valence-corrected chi connectivity index (χ1v) is 12.0. The monoisotopic (exact) mass is 495 g/mol. The number of nitriles is 2. The molecular weight excluding hydrogens is 470 g/mol. The number of pyridine rings is 1. The third-order valence-corrected chi connectivity index (χ3v) is 6.68. The summed E-state index contributed by atoms with van der Waals surface area (Å²) in [6.45, 7) is 1.42. The van der Waals surface area contributed by atoms with Gasteiger partial charge in [0.25, 0.3) is 11.1 Å². The van der Waals surface area contributed by atoms with Crippen LogP contribution in [0.15, 0.2) is 52.1 Å². The zero-order valence-electron chi connectivity index (χ0n) is 20.3. The molecule has 1 aromatic carbocycles. The van der Waals surface area contributed by atoms with Crippen LogP contribution >= 0.6 is 0 Å². The zero-order valence-corrected chi connectivity index (χ0v) is 20.3. The highest BCUT2D eigenvalue weighted by molar-refractivity contribution is 5.77. The zero-order chi connectivity index (χ0) is 26.1. The van der Waals surface area contributed by atoms with Crippen molar-refractivity contribution in [2.24, 2.45) is 12.8 Å². The van der Waals surface area contributed by atoms with E-state index in [1.54, 1.807) is 34.9 Å². The molecule has 0 radical (unpaired) electrons. The molecule has 1 aliphatic heterocycles. The molecule has 5 rings (SSSR count). The summed E-state index contributed by atoms with van der Waals surface area (Å²) < 4.78 is 4.26. The topological polar surface area (TPSA) is 152 Å². The van der Waals surface area contributed by atoms with Crippen LogP contribution in [0.25, 0.3) is 11.0 Å². The van der Waals surface area contributed by atoms with E-state index in [1.165, 1.54) is 16.4 Å². The normalized spacial score (nSPS) is 15.5. The van der Waals surface area contributed by atoms with E-state index in [2.05, 4.69) is 16.0 Å². The van der Waals surface area contributed by atoms with E-state index < -0.39 is 11.1 Å². The van der Waals surface area contributed by atoms with Crippen LogP contribution in [-0.4, -0.2) is 43.0 Å². The van der Waals surface area contributed by atoms with Gasteiger partial charge in [0, 0.05) is 26.2 Å². The van der Waals surface area contributed by atoms with Crippen molar-refractivity contribution in [2.45, 2.75) is 32.0 Å². The van der Waals surface area contributed by atoms with Gasteiger partial charge in [-0.3, -0.25) is 9.59 Å². The first-order chi connectivity index (χ1) is 17.9. The predicted octanol–water partition coefficient (Wildman–Crippen LogP) is 1.06. The molecule has 1 atom stereocenters. The molecule has 4 heterocycles. The van der Waals surface area contributed by atoms with Crippen LogP contribution in [-0.2, 0) is 20.1 Å². The molecule has 1 aliphatic rings. The van der Waals surface area contributed by atoms with Gasteiger partial charge in [-0.25, -0.2) is 19.3 Å². The Balaban J connectivity index is 1.74. The van der Waals surface area contributed by atoms with Crippen molar-refractivity contribution < 1.29 is 0 Å². The average Bonchev–Trinajstić information content (AvgIpc) is 3.29. The maximum Gasteiger partial charge on any atom is 0.293 e. The van der Waals surface area contributed by atoms with Gasteiger partial charge < -0.3 is 15.2 Å². The molecule has 11 nitrogen and oxygen atoms in total. The second-order valence-electron chi connectivity index (χ2n) is 9.13. The first-order valence-electron chi connectivity index (χ1n) is 12.0. The number of piperidine rings is 1. The lowest BCUT2D eigenvalue weighted by atomic mass is 10.1. The number of fused-ring (bicyclic) bond motifs is 1. The molecule has 2 N–H and O–H groups in total. The van der Waals surface area contributed by atoms with E-state index in [0.29, 0.717) is 35.9 Å². The molecule has 37 heavy (non-hydrogen) atoms. The highest BCUT2D eigenvalue weighted by atomic mass is 16.2. The highest BCUT2D eigenvalue weighted by Gasteiger charge is 2.27. The number of hydrogen-bond acceptors (Lipinski definition) is 8. The Kier molecular flexibility index (Phi) is 6.30. The summed E-state index contributed by atoms with van der Waals surface area (Å²) in [5.74, 6) is 0.481. The van der Waals surface area contributed by atoms with Crippen molar-refractivity contribution >= 4 is 17.0 Å². The molecule has 4 aromatic rings. The summed E-state index contributed by atoms with van der Waals surface area (Å²) in [6, 6.07) is 16.3. The van der Waals surface area contributed by atoms with Gasteiger partial charge >= 0.3 is 0 Å². The lowest BCUT2D eigenvalue weighted by Gasteiger charge is -2.32. The van der Waals surface area contributed by atoms with Crippen LogP contribution in [0.2, 0.25) is 0 Å².